The molecule has 0 saturated heterocycles. The molecule has 0 aliphatic heterocycles. The molecule has 0 radical (unpaired) electrons. The highest BCUT2D eigenvalue weighted by atomic mass is 32.2. The van der Waals surface area contributed by atoms with Crippen LogP contribution in [0.4, 0.5) is 5.69 Å². The lowest BCUT2D eigenvalue weighted by Crippen LogP contribution is -2.52. The molecule has 0 bridgehead atoms. The molecule has 0 unspecified atom stereocenters. The normalized spacial score (nSPS) is 11.9. The average molecular weight is 552 g/mol. The third kappa shape index (κ3) is 7.38. The first-order valence-electron chi connectivity index (χ1n) is 13.1. The summed E-state index contributed by atoms with van der Waals surface area (Å²) in [5, 5.41) is 2.81. The van der Waals surface area contributed by atoms with Gasteiger partial charge in [0.15, 0.2) is 0 Å². The van der Waals surface area contributed by atoms with E-state index in [1.807, 2.05) is 51.1 Å². The zero-order valence-corrected chi connectivity index (χ0v) is 23.8. The van der Waals surface area contributed by atoms with Crippen molar-refractivity contribution in [2.45, 2.75) is 51.6 Å². The fraction of sp³-hybridized carbons (Fsp3) is 0.333. The highest BCUT2D eigenvalue weighted by Crippen LogP contribution is 2.33. The van der Waals surface area contributed by atoms with Crippen molar-refractivity contribution in [3.05, 3.63) is 90.0 Å². The predicted molar refractivity (Wildman–Crippen MR) is 153 cm³/mol. The van der Waals surface area contributed by atoms with E-state index in [1.54, 1.807) is 43.3 Å². The number of carbonyl (C=O) groups is 2. The summed E-state index contributed by atoms with van der Waals surface area (Å²) in [4.78, 5) is 28.6. The summed E-state index contributed by atoms with van der Waals surface area (Å²) < 4.78 is 34.9. The first-order chi connectivity index (χ1) is 18.7. The van der Waals surface area contributed by atoms with E-state index in [0.29, 0.717) is 25.3 Å². The lowest BCUT2D eigenvalue weighted by Gasteiger charge is -2.33. The van der Waals surface area contributed by atoms with Gasteiger partial charge in [0.05, 0.1) is 17.2 Å². The highest BCUT2D eigenvalue weighted by molar-refractivity contribution is 7.92. The molecule has 3 rings (SSSR count). The number of hydrogen-bond donors (Lipinski definition) is 1. The van der Waals surface area contributed by atoms with Gasteiger partial charge < -0.3 is 15.0 Å². The summed E-state index contributed by atoms with van der Waals surface area (Å²) in [6.07, 6.45) is 0.366. The van der Waals surface area contributed by atoms with Gasteiger partial charge in [0.1, 0.15) is 18.3 Å². The van der Waals surface area contributed by atoms with Crippen LogP contribution in [0.3, 0.4) is 0 Å². The van der Waals surface area contributed by atoms with Crippen LogP contribution in [0, 0.1) is 6.92 Å². The molecule has 208 valence electrons. The first-order valence-corrected chi connectivity index (χ1v) is 14.6. The Labute approximate surface area is 231 Å². The number of rotatable bonds is 13. The minimum atomic E-state index is -4.17. The first kappa shape index (κ1) is 29.7. The van der Waals surface area contributed by atoms with Crippen molar-refractivity contribution in [2.24, 2.45) is 0 Å². The highest BCUT2D eigenvalue weighted by Gasteiger charge is 2.34. The summed E-state index contributed by atoms with van der Waals surface area (Å²) in [5.41, 5.74) is 1.99. The van der Waals surface area contributed by atoms with Crippen LogP contribution >= 0.6 is 0 Å². The second kappa shape index (κ2) is 13.8. The molecule has 1 atom stereocenters. The second-order valence-corrected chi connectivity index (χ2v) is 10.9. The van der Waals surface area contributed by atoms with Crippen molar-refractivity contribution in [3.8, 4) is 5.75 Å². The van der Waals surface area contributed by atoms with Crippen LogP contribution in [0.5, 0.6) is 5.75 Å². The molecular weight excluding hydrogens is 514 g/mol. The van der Waals surface area contributed by atoms with Crippen molar-refractivity contribution in [2.75, 3.05) is 24.0 Å². The van der Waals surface area contributed by atoms with Gasteiger partial charge in [-0.25, -0.2) is 8.42 Å². The van der Waals surface area contributed by atoms with E-state index in [1.165, 1.54) is 17.0 Å². The van der Waals surface area contributed by atoms with Crippen LogP contribution in [-0.4, -0.2) is 50.9 Å². The van der Waals surface area contributed by atoms with Gasteiger partial charge in [0.2, 0.25) is 11.8 Å². The SMILES string of the molecule is CCNC(=O)[C@@H](CC)N(Cc1ccccc1)C(=O)CN(c1ccccc1OCC)S(=O)(=O)c1ccc(C)cc1. The third-order valence-corrected chi connectivity index (χ3v) is 8.03. The van der Waals surface area contributed by atoms with Gasteiger partial charge >= 0.3 is 0 Å². The molecular formula is C30H37N3O5S. The second-order valence-electron chi connectivity index (χ2n) is 9.05. The van der Waals surface area contributed by atoms with Crippen LogP contribution < -0.4 is 14.4 Å². The van der Waals surface area contributed by atoms with Crippen molar-refractivity contribution >= 4 is 27.5 Å². The van der Waals surface area contributed by atoms with E-state index in [2.05, 4.69) is 5.32 Å². The van der Waals surface area contributed by atoms with Gasteiger partial charge in [-0.1, -0.05) is 67.1 Å². The van der Waals surface area contributed by atoms with Crippen molar-refractivity contribution in [3.63, 3.8) is 0 Å². The molecule has 9 heteroatoms. The average Bonchev–Trinajstić information content (AvgIpc) is 2.93. The minimum absolute atomic E-state index is 0.0533. The Balaban J connectivity index is 2.10. The number of ether oxygens (including phenoxy) is 1. The topological polar surface area (TPSA) is 96.0 Å². The number of nitrogens with zero attached hydrogens (tertiary/aromatic N) is 2. The number of anilines is 1. The number of para-hydroxylation sites is 2. The van der Waals surface area contributed by atoms with Gasteiger partial charge in [-0.05, 0) is 57.0 Å². The number of nitrogens with one attached hydrogen (secondary N) is 1. The maximum Gasteiger partial charge on any atom is 0.264 e. The van der Waals surface area contributed by atoms with Crippen LogP contribution in [0.25, 0.3) is 0 Å². The molecule has 0 aromatic heterocycles. The molecule has 0 heterocycles. The van der Waals surface area contributed by atoms with Crippen LogP contribution in [0.15, 0.2) is 83.8 Å². The number of carbonyl (C=O) groups excluding carboxylic acids is 2. The molecule has 0 spiro atoms. The Morgan fingerprint density at radius 2 is 1.54 bits per heavy atom. The lowest BCUT2D eigenvalue weighted by atomic mass is 10.1. The van der Waals surface area contributed by atoms with Crippen molar-refractivity contribution in [1.82, 2.24) is 10.2 Å². The molecule has 3 aromatic rings. The quantitative estimate of drug-likeness (QED) is 0.337. The largest absolute Gasteiger partial charge is 0.492 e. The molecule has 3 aromatic carbocycles. The summed E-state index contributed by atoms with van der Waals surface area (Å²) in [6.45, 7) is 7.70. The molecule has 0 aliphatic carbocycles. The van der Waals surface area contributed by atoms with Gasteiger partial charge in [0.25, 0.3) is 10.0 Å². The van der Waals surface area contributed by atoms with E-state index in [0.717, 1.165) is 15.4 Å². The zero-order chi connectivity index (χ0) is 28.4. The molecule has 0 aliphatic rings. The van der Waals surface area contributed by atoms with E-state index >= 15 is 0 Å². The molecule has 1 N–H and O–H groups in total. The predicted octanol–water partition coefficient (Wildman–Crippen LogP) is 4.53. The number of amides is 2. The number of hydrogen-bond acceptors (Lipinski definition) is 5. The van der Waals surface area contributed by atoms with E-state index in [4.69, 9.17) is 4.74 Å². The number of aryl methyl sites for hydroxylation is 1. The fourth-order valence-electron chi connectivity index (χ4n) is 4.28. The van der Waals surface area contributed by atoms with E-state index in [-0.39, 0.29) is 23.0 Å². The zero-order valence-electron chi connectivity index (χ0n) is 23.0. The Kier molecular flexibility index (Phi) is 10.5. The summed E-state index contributed by atoms with van der Waals surface area (Å²) in [6, 6.07) is 21.8. The Morgan fingerprint density at radius 3 is 2.15 bits per heavy atom. The van der Waals surface area contributed by atoms with Gasteiger partial charge in [-0.3, -0.25) is 13.9 Å². The van der Waals surface area contributed by atoms with Gasteiger partial charge in [0, 0.05) is 13.1 Å². The summed E-state index contributed by atoms with van der Waals surface area (Å²) in [5.74, 6) is -0.445. The van der Waals surface area contributed by atoms with E-state index < -0.39 is 28.5 Å². The minimum Gasteiger partial charge on any atom is -0.492 e. The van der Waals surface area contributed by atoms with E-state index in [9.17, 15) is 18.0 Å². The summed E-state index contributed by atoms with van der Waals surface area (Å²) >= 11 is 0. The van der Waals surface area contributed by atoms with Crippen LogP contribution in [-0.2, 0) is 26.2 Å². The Bertz CT molecular complexity index is 1340. The summed E-state index contributed by atoms with van der Waals surface area (Å²) in [7, 11) is -4.17. The van der Waals surface area contributed by atoms with Crippen molar-refractivity contribution in [1.29, 1.82) is 0 Å². The van der Waals surface area contributed by atoms with Crippen molar-refractivity contribution < 1.29 is 22.7 Å². The third-order valence-electron chi connectivity index (χ3n) is 6.25. The lowest BCUT2D eigenvalue weighted by molar-refractivity contribution is -0.140. The molecule has 8 nitrogen and oxygen atoms in total. The molecule has 39 heavy (non-hydrogen) atoms. The molecule has 0 fully saturated rings. The van der Waals surface area contributed by atoms with Crippen LogP contribution in [0.1, 0.15) is 38.3 Å². The number of sulfonamides is 1. The Hall–Kier alpha value is -3.85. The fourth-order valence-corrected chi connectivity index (χ4v) is 5.71. The smallest absolute Gasteiger partial charge is 0.264 e. The monoisotopic (exact) mass is 551 g/mol. The standard InChI is InChI=1S/C30H37N3O5S/c1-5-26(30(35)31-6-2)32(21-24-13-9-8-10-14-24)29(34)22-33(27-15-11-12-16-28(27)38-7-3)39(36,37)25-19-17-23(4)18-20-25/h8-20,26H,5-7,21-22H2,1-4H3,(H,31,35)/t26-/m1/s1. The number of benzene rings is 3. The number of likely N-dealkylation sites (N-methyl/N-ethyl adjacent to an activating group) is 1. The molecule has 2 amide bonds. The maximum absolute atomic E-state index is 14.0. The van der Waals surface area contributed by atoms with Crippen LogP contribution in [0.2, 0.25) is 0 Å². The maximum atomic E-state index is 14.0. The van der Waals surface area contributed by atoms with Gasteiger partial charge in [-0.2, -0.15) is 0 Å². The Morgan fingerprint density at radius 1 is 0.897 bits per heavy atom. The van der Waals surface area contributed by atoms with Gasteiger partial charge in [-0.15, -0.1) is 0 Å². The molecule has 0 saturated carbocycles.